The number of nitrogens with two attached hydrogens (primary N) is 1. The largest absolute Gasteiger partial charge is 0.468 e. The van der Waals surface area contributed by atoms with Gasteiger partial charge in [-0.05, 0) is 12.2 Å². The first-order chi connectivity index (χ1) is 6.22. The fourth-order valence-electron chi connectivity index (χ4n) is 0.706. The van der Waals surface area contributed by atoms with Crippen LogP contribution < -0.4 is 5.73 Å². The molecular formula is C9H15NO2S. The Hall–Kier alpha value is -0.660. The minimum Gasteiger partial charge on any atom is -0.468 e. The molecule has 0 heterocycles. The number of rotatable bonds is 6. The van der Waals surface area contributed by atoms with Crippen molar-refractivity contribution >= 4 is 17.7 Å². The first-order valence-electron chi connectivity index (χ1n) is 4.07. The average molecular weight is 201 g/mol. The van der Waals surface area contributed by atoms with E-state index in [1.54, 1.807) is 11.8 Å². The van der Waals surface area contributed by atoms with Crippen molar-refractivity contribution in [3.63, 3.8) is 0 Å². The quantitative estimate of drug-likeness (QED) is 0.389. The third-order valence-corrected chi connectivity index (χ3v) is 2.58. The molecule has 74 valence electrons. The van der Waals surface area contributed by atoms with Gasteiger partial charge in [-0.1, -0.05) is 0 Å². The summed E-state index contributed by atoms with van der Waals surface area (Å²) in [4.78, 5) is 10.8. The Labute approximate surface area is 83.4 Å². The molecule has 0 aliphatic carbocycles. The number of hydrogen-bond acceptors (Lipinski definition) is 4. The molecule has 0 aromatic carbocycles. The Bertz CT molecular complexity index is 189. The molecule has 4 heteroatoms. The van der Waals surface area contributed by atoms with Crippen molar-refractivity contribution in [2.24, 2.45) is 5.73 Å². The highest BCUT2D eigenvalue weighted by Gasteiger charge is 2.12. The number of methoxy groups -OCH3 is 1. The second-order valence-electron chi connectivity index (χ2n) is 2.51. The Balaban J connectivity index is 3.32. The molecule has 0 amide bonds. The van der Waals surface area contributed by atoms with Gasteiger partial charge in [-0.25, -0.2) is 0 Å². The molecule has 0 rings (SSSR count). The maximum absolute atomic E-state index is 10.8. The Morgan fingerprint density at radius 2 is 2.46 bits per heavy atom. The van der Waals surface area contributed by atoms with E-state index < -0.39 is 6.04 Å². The minimum atomic E-state index is -0.513. The minimum absolute atomic E-state index is 0.357. The molecule has 2 N–H and O–H groups in total. The normalized spacial score (nSPS) is 11.8. The van der Waals surface area contributed by atoms with Crippen LogP contribution in [0.4, 0.5) is 0 Å². The number of carbonyl (C=O) groups is 1. The van der Waals surface area contributed by atoms with Crippen molar-refractivity contribution in [2.75, 3.05) is 18.6 Å². The van der Waals surface area contributed by atoms with Crippen LogP contribution in [0.3, 0.4) is 0 Å². The second kappa shape index (κ2) is 7.96. The second-order valence-corrected chi connectivity index (χ2v) is 3.66. The lowest BCUT2D eigenvalue weighted by atomic mass is 10.4. The number of terminal acetylenes is 1. The molecule has 0 aromatic rings. The molecule has 0 saturated heterocycles. The van der Waals surface area contributed by atoms with Crippen LogP contribution in [-0.2, 0) is 9.53 Å². The van der Waals surface area contributed by atoms with E-state index in [0.29, 0.717) is 5.75 Å². The molecule has 0 radical (unpaired) electrons. The Kier molecular flexibility index (Phi) is 7.56. The SMILES string of the molecule is C#CCCCSCC(N)C(=O)OC. The molecule has 0 fully saturated rings. The van der Waals surface area contributed by atoms with Gasteiger partial charge in [0.2, 0.25) is 0 Å². The summed E-state index contributed by atoms with van der Waals surface area (Å²) in [6.07, 6.45) is 6.83. The average Bonchev–Trinajstić information content (AvgIpc) is 2.16. The summed E-state index contributed by atoms with van der Waals surface area (Å²) in [5.74, 6) is 3.73. The first kappa shape index (κ1) is 12.3. The standard InChI is InChI=1S/C9H15NO2S/c1-3-4-5-6-13-7-8(10)9(11)12-2/h1,8H,4-7,10H2,2H3. The van der Waals surface area contributed by atoms with Gasteiger partial charge in [-0.15, -0.1) is 12.3 Å². The van der Waals surface area contributed by atoms with E-state index >= 15 is 0 Å². The molecule has 0 aliphatic rings. The highest BCUT2D eigenvalue weighted by Crippen LogP contribution is 2.05. The monoisotopic (exact) mass is 201 g/mol. The van der Waals surface area contributed by atoms with Crippen LogP contribution in [0.25, 0.3) is 0 Å². The van der Waals surface area contributed by atoms with Crippen LogP contribution in [0.2, 0.25) is 0 Å². The molecule has 1 atom stereocenters. The van der Waals surface area contributed by atoms with Crippen LogP contribution in [0.1, 0.15) is 12.8 Å². The molecule has 0 spiro atoms. The van der Waals surface area contributed by atoms with E-state index in [9.17, 15) is 4.79 Å². The molecule has 0 bridgehead atoms. The number of hydrogen-bond donors (Lipinski definition) is 1. The molecule has 1 unspecified atom stereocenters. The van der Waals surface area contributed by atoms with E-state index in [4.69, 9.17) is 12.2 Å². The summed E-state index contributed by atoms with van der Waals surface area (Å²) in [6, 6.07) is -0.513. The number of thioether (sulfide) groups is 1. The third kappa shape index (κ3) is 6.50. The molecule has 0 aromatic heterocycles. The third-order valence-electron chi connectivity index (χ3n) is 1.41. The van der Waals surface area contributed by atoms with Gasteiger partial charge >= 0.3 is 5.97 Å². The molecule has 0 saturated carbocycles. The highest BCUT2D eigenvalue weighted by molar-refractivity contribution is 7.99. The first-order valence-corrected chi connectivity index (χ1v) is 5.22. The lowest BCUT2D eigenvalue weighted by Gasteiger charge is -2.07. The topological polar surface area (TPSA) is 52.3 Å². The van der Waals surface area contributed by atoms with E-state index in [2.05, 4.69) is 10.7 Å². The van der Waals surface area contributed by atoms with E-state index in [0.717, 1.165) is 18.6 Å². The lowest BCUT2D eigenvalue weighted by Crippen LogP contribution is -2.33. The van der Waals surface area contributed by atoms with Crippen LogP contribution in [-0.4, -0.2) is 30.6 Å². The van der Waals surface area contributed by atoms with Crippen LogP contribution in [0.15, 0.2) is 0 Å². The predicted octanol–water partition coefficient (Wildman–Crippen LogP) is 0.633. The van der Waals surface area contributed by atoms with Gasteiger partial charge in [0.05, 0.1) is 7.11 Å². The fraction of sp³-hybridized carbons (Fsp3) is 0.667. The zero-order chi connectivity index (χ0) is 10.1. The Morgan fingerprint density at radius 3 is 3.00 bits per heavy atom. The molecular weight excluding hydrogens is 186 g/mol. The van der Waals surface area contributed by atoms with Gasteiger partial charge in [-0.2, -0.15) is 11.8 Å². The zero-order valence-electron chi connectivity index (χ0n) is 7.79. The van der Waals surface area contributed by atoms with Crippen molar-refractivity contribution in [3.05, 3.63) is 0 Å². The van der Waals surface area contributed by atoms with Crippen molar-refractivity contribution in [2.45, 2.75) is 18.9 Å². The highest BCUT2D eigenvalue weighted by atomic mass is 32.2. The van der Waals surface area contributed by atoms with Crippen LogP contribution in [0, 0.1) is 12.3 Å². The summed E-state index contributed by atoms with van der Waals surface area (Å²) >= 11 is 1.62. The maximum Gasteiger partial charge on any atom is 0.323 e. The van der Waals surface area contributed by atoms with Crippen molar-refractivity contribution in [1.82, 2.24) is 0 Å². The summed E-state index contributed by atoms with van der Waals surface area (Å²) in [6.45, 7) is 0. The van der Waals surface area contributed by atoms with Gasteiger partial charge in [0.15, 0.2) is 0 Å². The zero-order valence-corrected chi connectivity index (χ0v) is 8.60. The summed E-state index contributed by atoms with van der Waals surface area (Å²) in [5.41, 5.74) is 5.51. The molecule has 13 heavy (non-hydrogen) atoms. The lowest BCUT2D eigenvalue weighted by molar-refractivity contribution is -0.141. The number of carbonyl (C=O) groups excluding carboxylic acids is 1. The smallest absolute Gasteiger partial charge is 0.323 e. The van der Waals surface area contributed by atoms with Gasteiger partial charge in [0.1, 0.15) is 6.04 Å². The summed E-state index contributed by atoms with van der Waals surface area (Å²) in [5, 5.41) is 0. The summed E-state index contributed by atoms with van der Waals surface area (Å²) < 4.78 is 4.48. The van der Waals surface area contributed by atoms with E-state index in [1.807, 2.05) is 0 Å². The summed E-state index contributed by atoms with van der Waals surface area (Å²) in [7, 11) is 1.34. The van der Waals surface area contributed by atoms with Crippen molar-refractivity contribution in [1.29, 1.82) is 0 Å². The van der Waals surface area contributed by atoms with Gasteiger partial charge in [0.25, 0.3) is 0 Å². The maximum atomic E-state index is 10.8. The number of unbranched alkanes of at least 4 members (excludes halogenated alkanes) is 1. The molecule has 3 nitrogen and oxygen atoms in total. The number of esters is 1. The fourth-order valence-corrected chi connectivity index (χ4v) is 1.61. The Morgan fingerprint density at radius 1 is 1.77 bits per heavy atom. The van der Waals surface area contributed by atoms with E-state index in [-0.39, 0.29) is 5.97 Å². The predicted molar refractivity (Wildman–Crippen MR) is 55.4 cm³/mol. The van der Waals surface area contributed by atoms with Crippen molar-refractivity contribution in [3.8, 4) is 12.3 Å². The van der Waals surface area contributed by atoms with Gasteiger partial charge in [-0.3, -0.25) is 4.79 Å². The van der Waals surface area contributed by atoms with Gasteiger partial charge < -0.3 is 10.5 Å². The van der Waals surface area contributed by atoms with Gasteiger partial charge in [0, 0.05) is 12.2 Å². The van der Waals surface area contributed by atoms with Crippen LogP contribution in [0.5, 0.6) is 0 Å². The van der Waals surface area contributed by atoms with Crippen LogP contribution >= 0.6 is 11.8 Å². The van der Waals surface area contributed by atoms with E-state index in [1.165, 1.54) is 7.11 Å². The van der Waals surface area contributed by atoms with Crippen molar-refractivity contribution < 1.29 is 9.53 Å². The number of ether oxygens (including phenoxy) is 1. The molecule has 0 aliphatic heterocycles.